The van der Waals surface area contributed by atoms with Gasteiger partial charge < -0.3 is 4.74 Å². The highest BCUT2D eigenvalue weighted by Crippen LogP contribution is 2.64. The Kier molecular flexibility index (Phi) is 3.90. The van der Waals surface area contributed by atoms with Crippen LogP contribution in [-0.2, 0) is 19.1 Å². The average molecular weight is 346 g/mol. The first-order valence-corrected chi connectivity index (χ1v) is 9.99. The van der Waals surface area contributed by atoms with Crippen molar-refractivity contribution in [2.45, 2.75) is 78.2 Å². The number of carbonyl (C=O) groups is 3. The Morgan fingerprint density at radius 2 is 1.88 bits per heavy atom. The van der Waals surface area contributed by atoms with E-state index in [1.165, 1.54) is 6.92 Å². The van der Waals surface area contributed by atoms with E-state index in [1.54, 1.807) is 0 Å². The number of hydrogen-bond acceptors (Lipinski definition) is 4. The summed E-state index contributed by atoms with van der Waals surface area (Å²) in [5.74, 6) is 1.78. The van der Waals surface area contributed by atoms with Crippen LogP contribution in [0.1, 0.15) is 72.1 Å². The van der Waals surface area contributed by atoms with Crippen LogP contribution in [0.15, 0.2) is 0 Å². The monoisotopic (exact) mass is 346 g/mol. The van der Waals surface area contributed by atoms with Crippen molar-refractivity contribution in [2.75, 3.05) is 0 Å². The predicted molar refractivity (Wildman–Crippen MR) is 92.7 cm³/mol. The van der Waals surface area contributed by atoms with Crippen LogP contribution in [0.5, 0.6) is 0 Å². The van der Waals surface area contributed by atoms with Gasteiger partial charge in [-0.1, -0.05) is 13.8 Å². The Morgan fingerprint density at radius 3 is 2.60 bits per heavy atom. The van der Waals surface area contributed by atoms with E-state index in [0.29, 0.717) is 42.2 Å². The van der Waals surface area contributed by atoms with Gasteiger partial charge in [0.1, 0.15) is 17.7 Å². The minimum absolute atomic E-state index is 0.0175. The van der Waals surface area contributed by atoms with Gasteiger partial charge in [-0.3, -0.25) is 14.4 Å². The van der Waals surface area contributed by atoms with Gasteiger partial charge in [0.05, 0.1) is 0 Å². The molecular weight excluding hydrogens is 316 g/mol. The fourth-order valence-corrected chi connectivity index (χ4v) is 7.15. The van der Waals surface area contributed by atoms with Crippen molar-refractivity contribution < 1.29 is 19.1 Å². The van der Waals surface area contributed by atoms with E-state index in [-0.39, 0.29) is 23.4 Å². The van der Waals surface area contributed by atoms with Gasteiger partial charge in [-0.2, -0.15) is 0 Å². The minimum Gasteiger partial charge on any atom is -0.463 e. The molecule has 4 fully saturated rings. The Labute approximate surface area is 150 Å². The van der Waals surface area contributed by atoms with E-state index < -0.39 is 5.41 Å². The summed E-state index contributed by atoms with van der Waals surface area (Å²) < 4.78 is 5.48. The lowest BCUT2D eigenvalue weighted by atomic mass is 9.45. The van der Waals surface area contributed by atoms with Crippen LogP contribution in [0, 0.1) is 34.5 Å². The number of hydrogen-bond donors (Lipinski definition) is 0. The number of ketones is 2. The molecule has 0 heterocycles. The molecule has 0 saturated heterocycles. The molecular formula is C21H30O4. The Hall–Kier alpha value is -1.19. The lowest BCUT2D eigenvalue weighted by Crippen LogP contribution is -2.57. The topological polar surface area (TPSA) is 60.4 Å². The van der Waals surface area contributed by atoms with Crippen molar-refractivity contribution in [1.29, 1.82) is 0 Å². The molecule has 4 rings (SSSR count). The second kappa shape index (κ2) is 5.65. The summed E-state index contributed by atoms with van der Waals surface area (Å²) in [6, 6.07) is 0. The number of rotatable bonds is 1. The van der Waals surface area contributed by atoms with Gasteiger partial charge in [0.2, 0.25) is 0 Å². The molecule has 2 unspecified atom stereocenters. The van der Waals surface area contributed by atoms with Gasteiger partial charge in [-0.15, -0.1) is 0 Å². The first kappa shape index (κ1) is 17.2. The first-order valence-electron chi connectivity index (χ1n) is 9.99. The average Bonchev–Trinajstić information content (AvgIpc) is 2.82. The summed E-state index contributed by atoms with van der Waals surface area (Å²) in [6.45, 7) is 5.83. The molecule has 0 aromatic carbocycles. The summed E-state index contributed by atoms with van der Waals surface area (Å²) in [4.78, 5) is 37.0. The Bertz CT molecular complexity index is 625. The zero-order valence-electron chi connectivity index (χ0n) is 15.7. The molecule has 4 heteroatoms. The van der Waals surface area contributed by atoms with E-state index >= 15 is 0 Å². The fraction of sp³-hybridized carbons (Fsp3) is 0.857. The third-order valence-electron chi connectivity index (χ3n) is 8.35. The molecule has 7 atom stereocenters. The molecule has 0 radical (unpaired) electrons. The van der Waals surface area contributed by atoms with E-state index in [4.69, 9.17) is 4.74 Å². The maximum Gasteiger partial charge on any atom is 0.302 e. The van der Waals surface area contributed by atoms with Crippen LogP contribution in [0.3, 0.4) is 0 Å². The molecule has 0 amide bonds. The van der Waals surface area contributed by atoms with Crippen LogP contribution in [0.4, 0.5) is 0 Å². The quantitative estimate of drug-likeness (QED) is 0.679. The number of ether oxygens (including phenoxy) is 1. The molecule has 0 aliphatic heterocycles. The molecule has 25 heavy (non-hydrogen) atoms. The van der Waals surface area contributed by atoms with Crippen molar-refractivity contribution in [1.82, 2.24) is 0 Å². The lowest BCUT2D eigenvalue weighted by Gasteiger charge is -2.59. The fourth-order valence-electron chi connectivity index (χ4n) is 7.15. The van der Waals surface area contributed by atoms with Crippen molar-refractivity contribution >= 4 is 17.5 Å². The Morgan fingerprint density at radius 1 is 1.12 bits per heavy atom. The summed E-state index contributed by atoms with van der Waals surface area (Å²) >= 11 is 0. The summed E-state index contributed by atoms with van der Waals surface area (Å²) in [6.07, 6.45) is 6.97. The lowest BCUT2D eigenvalue weighted by molar-refractivity contribution is -0.168. The summed E-state index contributed by atoms with van der Waals surface area (Å²) in [7, 11) is 0. The third-order valence-corrected chi connectivity index (χ3v) is 8.35. The van der Waals surface area contributed by atoms with E-state index in [2.05, 4.69) is 6.92 Å². The second-order valence-corrected chi connectivity index (χ2v) is 9.56. The van der Waals surface area contributed by atoms with E-state index in [9.17, 15) is 14.4 Å². The molecule has 0 spiro atoms. The zero-order chi connectivity index (χ0) is 18.0. The number of fused-ring (bicyclic) bond motifs is 5. The molecule has 0 bridgehead atoms. The molecule has 4 nitrogen and oxygen atoms in total. The molecule has 4 aliphatic carbocycles. The van der Waals surface area contributed by atoms with Gasteiger partial charge in [0, 0.05) is 31.1 Å². The number of carbonyl (C=O) groups excluding carboxylic acids is 3. The summed E-state index contributed by atoms with van der Waals surface area (Å²) in [5.41, 5.74) is -0.375. The maximum absolute atomic E-state index is 13.2. The van der Waals surface area contributed by atoms with Crippen molar-refractivity contribution in [2.24, 2.45) is 34.5 Å². The van der Waals surface area contributed by atoms with Gasteiger partial charge in [0.15, 0.2) is 0 Å². The number of Topliss-reactive ketones (excluding diaryl/α,β-unsaturated/α-hetero) is 2. The largest absolute Gasteiger partial charge is 0.463 e. The van der Waals surface area contributed by atoms with Crippen molar-refractivity contribution in [3.05, 3.63) is 0 Å². The van der Waals surface area contributed by atoms with Crippen LogP contribution in [0.25, 0.3) is 0 Å². The first-order chi connectivity index (χ1) is 11.8. The van der Waals surface area contributed by atoms with Gasteiger partial charge in [-0.05, 0) is 61.7 Å². The number of esters is 1. The smallest absolute Gasteiger partial charge is 0.302 e. The molecule has 4 aliphatic rings. The van der Waals surface area contributed by atoms with Gasteiger partial charge in [0.25, 0.3) is 0 Å². The standard InChI is InChI=1S/C21H30O4/c1-12(22)25-14-8-9-20(2)13(10-14)4-5-15-16-6-7-18(24)21(16,3)11-17(23)19(15)20/h13-16,19H,4-11H2,1-3H3/t13?,14?,15-,16-,19-,20-,21-/m0/s1. The SMILES string of the molecule is CC(=O)OC1CC[C@@]2(C)C(CC[C@@H]3[C@H]2C(=O)C[C@]2(C)C(=O)CC[C@@H]32)C1. The van der Waals surface area contributed by atoms with E-state index in [0.717, 1.165) is 38.5 Å². The molecule has 0 aromatic rings. The van der Waals surface area contributed by atoms with Crippen LogP contribution in [-0.4, -0.2) is 23.6 Å². The molecule has 0 aromatic heterocycles. The highest BCUT2D eigenvalue weighted by molar-refractivity contribution is 5.95. The molecule has 138 valence electrons. The Balaban J connectivity index is 1.60. The van der Waals surface area contributed by atoms with Crippen LogP contribution in [0.2, 0.25) is 0 Å². The van der Waals surface area contributed by atoms with Gasteiger partial charge in [-0.25, -0.2) is 0 Å². The predicted octanol–water partition coefficient (Wildman–Crippen LogP) is 3.71. The van der Waals surface area contributed by atoms with Crippen molar-refractivity contribution in [3.63, 3.8) is 0 Å². The second-order valence-electron chi connectivity index (χ2n) is 9.56. The minimum atomic E-state index is -0.392. The zero-order valence-corrected chi connectivity index (χ0v) is 15.7. The maximum atomic E-state index is 13.2. The molecule has 4 saturated carbocycles. The van der Waals surface area contributed by atoms with Crippen LogP contribution < -0.4 is 0 Å². The summed E-state index contributed by atoms with van der Waals surface area (Å²) in [5, 5.41) is 0. The normalized spacial score (nSPS) is 49.2. The van der Waals surface area contributed by atoms with Crippen molar-refractivity contribution in [3.8, 4) is 0 Å². The highest BCUT2D eigenvalue weighted by Gasteiger charge is 2.63. The highest BCUT2D eigenvalue weighted by atomic mass is 16.5. The van der Waals surface area contributed by atoms with Gasteiger partial charge >= 0.3 is 5.97 Å². The van der Waals surface area contributed by atoms with E-state index in [1.807, 2.05) is 6.92 Å². The van der Waals surface area contributed by atoms with Crippen LogP contribution >= 0.6 is 0 Å². The third kappa shape index (κ3) is 2.43. The molecule has 0 N–H and O–H groups in total.